The standard InChI is InChI=1S/C12H10.C9H13.C8H16N.C2H7Si.Zr/c1-3-7-11(8-4-1)12-9-5-2-6-10-12;1-6-5-7(2)9(4)8(6)3;9-8-6-4-2-1-3-5-7-8;1-3-2;/h1-10H;6H,1-4H3;8-9H,1-7H2;3H,1-2H3;/q;2*-1;;+2. The molecule has 2 aromatic carbocycles. The van der Waals surface area contributed by atoms with Gasteiger partial charge in [0.15, 0.2) is 0 Å². The van der Waals surface area contributed by atoms with E-state index in [9.17, 15) is 0 Å². The Morgan fingerprint density at radius 3 is 1.41 bits per heavy atom. The van der Waals surface area contributed by atoms with Gasteiger partial charge in [0.2, 0.25) is 0 Å². The van der Waals surface area contributed by atoms with Crippen molar-refractivity contribution < 1.29 is 26.2 Å². The van der Waals surface area contributed by atoms with Crippen LogP contribution in [0.1, 0.15) is 72.6 Å². The number of hydrogen-bond donors (Lipinski definition) is 0. The number of allylic oxidation sites excluding steroid dienone is 4. The minimum Gasteiger partial charge on any atom is -0.675 e. The van der Waals surface area contributed by atoms with Crippen molar-refractivity contribution in [1.29, 1.82) is 0 Å². The molecule has 183 valence electrons. The van der Waals surface area contributed by atoms with Crippen molar-refractivity contribution in [2.45, 2.75) is 91.8 Å². The van der Waals surface area contributed by atoms with Crippen LogP contribution in [0.4, 0.5) is 0 Å². The summed E-state index contributed by atoms with van der Waals surface area (Å²) in [7, 11) is 0.750. The van der Waals surface area contributed by atoms with Gasteiger partial charge in [-0.3, -0.25) is 6.08 Å². The first-order chi connectivity index (χ1) is 15.9. The smallest absolute Gasteiger partial charge is 0.675 e. The van der Waals surface area contributed by atoms with Crippen molar-refractivity contribution in [3.63, 3.8) is 0 Å². The number of hydrogen-bond acceptors (Lipinski definition) is 0. The largest absolute Gasteiger partial charge is 2.00 e. The molecule has 1 N–H and O–H groups in total. The van der Waals surface area contributed by atoms with Crippen molar-refractivity contribution in [3.8, 4) is 11.1 Å². The molecular weight excluding hydrogens is 506 g/mol. The summed E-state index contributed by atoms with van der Waals surface area (Å²) in [5.41, 5.74) is 14.3. The molecule has 34 heavy (non-hydrogen) atoms. The van der Waals surface area contributed by atoms with Crippen LogP contribution in [0.5, 0.6) is 0 Å². The van der Waals surface area contributed by atoms with Gasteiger partial charge in [0.1, 0.15) is 0 Å². The molecular formula is C31H46NSiZr. The van der Waals surface area contributed by atoms with Gasteiger partial charge in [0, 0.05) is 9.52 Å². The fourth-order valence-corrected chi connectivity index (χ4v) is 3.88. The Morgan fingerprint density at radius 2 is 1.12 bits per heavy atom. The zero-order valence-corrected chi connectivity index (χ0v) is 26.1. The Bertz CT molecular complexity index is 768. The molecule has 0 amide bonds. The molecule has 0 aliphatic heterocycles. The van der Waals surface area contributed by atoms with Gasteiger partial charge in [0.25, 0.3) is 0 Å². The number of rotatable bonds is 1. The summed E-state index contributed by atoms with van der Waals surface area (Å²) in [5.74, 6) is 0.560. The molecule has 1 nitrogen and oxygen atoms in total. The van der Waals surface area contributed by atoms with Crippen LogP contribution >= 0.6 is 0 Å². The fraction of sp³-hybridized carbons (Fsp3) is 0.484. The maximum Gasteiger partial charge on any atom is 2.00 e. The normalized spacial score (nSPS) is 17.7. The van der Waals surface area contributed by atoms with Crippen molar-refractivity contribution in [3.05, 3.63) is 89.2 Å². The first-order valence-corrected chi connectivity index (χ1v) is 15.0. The second-order valence-electron chi connectivity index (χ2n) is 9.15. The minimum absolute atomic E-state index is 0. The topological polar surface area (TPSA) is 23.8 Å². The molecule has 2 aromatic rings. The van der Waals surface area contributed by atoms with E-state index < -0.39 is 0 Å². The Balaban J connectivity index is 0.000000454. The van der Waals surface area contributed by atoms with E-state index in [0.29, 0.717) is 5.92 Å². The molecule has 0 aromatic heterocycles. The molecule has 2 aliphatic carbocycles. The van der Waals surface area contributed by atoms with Crippen LogP contribution in [0, 0.1) is 12.0 Å². The van der Waals surface area contributed by atoms with E-state index in [-0.39, 0.29) is 32.2 Å². The van der Waals surface area contributed by atoms with Crippen LogP contribution in [0.25, 0.3) is 16.9 Å². The fourth-order valence-electron chi connectivity index (χ4n) is 3.88. The zero-order valence-electron chi connectivity index (χ0n) is 22.5. The Labute approximate surface area is 232 Å². The molecule has 1 atom stereocenters. The second kappa shape index (κ2) is 20.2. The third-order valence-electron chi connectivity index (χ3n) is 6.22. The summed E-state index contributed by atoms with van der Waals surface area (Å²) in [4.78, 5) is 0. The van der Waals surface area contributed by atoms with Gasteiger partial charge in [-0.1, -0.05) is 145 Å². The summed E-state index contributed by atoms with van der Waals surface area (Å²) in [6.45, 7) is 13.1. The molecule has 1 fully saturated rings. The van der Waals surface area contributed by atoms with Crippen molar-refractivity contribution >= 4 is 9.52 Å². The molecule has 1 unspecified atom stereocenters. The Hall–Kier alpha value is -1.02. The zero-order chi connectivity index (χ0) is 24.5. The van der Waals surface area contributed by atoms with E-state index in [1.807, 2.05) is 12.1 Å². The van der Waals surface area contributed by atoms with Crippen LogP contribution in [0.15, 0.2) is 77.4 Å². The van der Waals surface area contributed by atoms with E-state index >= 15 is 0 Å². The molecule has 0 spiro atoms. The SMILES string of the molecule is CC1=[C-]C(C)C(C)=C1C.C[SiH]C.[NH-]C1CCCCCCC1.[Zr+2].c1ccc(-c2ccccc2)cc1. The molecule has 0 bridgehead atoms. The molecule has 0 saturated heterocycles. The summed E-state index contributed by atoms with van der Waals surface area (Å²) in [6, 6.07) is 21.1. The van der Waals surface area contributed by atoms with Crippen LogP contribution in [0.2, 0.25) is 13.1 Å². The van der Waals surface area contributed by atoms with E-state index in [1.165, 1.54) is 60.0 Å². The second-order valence-corrected chi connectivity index (χ2v) is 10.3. The number of nitrogens with one attached hydrogen (secondary N) is 1. The van der Waals surface area contributed by atoms with Gasteiger partial charge in [0.05, 0.1) is 0 Å². The maximum atomic E-state index is 7.51. The summed E-state index contributed by atoms with van der Waals surface area (Å²) >= 11 is 0. The van der Waals surface area contributed by atoms with Crippen molar-refractivity contribution in [1.82, 2.24) is 0 Å². The van der Waals surface area contributed by atoms with E-state index in [2.05, 4.69) is 95.4 Å². The predicted octanol–water partition coefficient (Wildman–Crippen LogP) is 9.74. The average Bonchev–Trinajstić information content (AvgIpc) is 3.04. The first kappa shape index (κ1) is 33.0. The Kier molecular flexibility index (Phi) is 19.6. The third kappa shape index (κ3) is 13.8. The van der Waals surface area contributed by atoms with Gasteiger partial charge in [-0.15, -0.1) is 13.0 Å². The minimum atomic E-state index is 0. The van der Waals surface area contributed by atoms with E-state index in [0.717, 1.165) is 22.4 Å². The van der Waals surface area contributed by atoms with E-state index in [4.69, 9.17) is 5.73 Å². The van der Waals surface area contributed by atoms with Gasteiger partial charge in [-0.2, -0.15) is 11.1 Å². The van der Waals surface area contributed by atoms with E-state index in [1.54, 1.807) is 0 Å². The molecule has 1 radical (unpaired) electrons. The van der Waals surface area contributed by atoms with Gasteiger partial charge in [-0.05, 0) is 11.1 Å². The van der Waals surface area contributed by atoms with Gasteiger partial charge in [-0.25, -0.2) is 5.57 Å². The van der Waals surface area contributed by atoms with Crippen molar-refractivity contribution in [2.75, 3.05) is 0 Å². The quantitative estimate of drug-likeness (QED) is 0.249. The number of benzene rings is 2. The maximum absolute atomic E-state index is 7.51. The van der Waals surface area contributed by atoms with Crippen LogP contribution < -0.4 is 0 Å². The summed E-state index contributed by atoms with van der Waals surface area (Å²) in [6.07, 6.45) is 12.4. The average molecular weight is 552 g/mol. The third-order valence-corrected chi connectivity index (χ3v) is 6.22. The van der Waals surface area contributed by atoms with Gasteiger partial charge >= 0.3 is 26.2 Å². The first-order valence-electron chi connectivity index (χ1n) is 12.7. The Morgan fingerprint density at radius 1 is 0.735 bits per heavy atom. The van der Waals surface area contributed by atoms with Crippen LogP contribution in [-0.2, 0) is 26.2 Å². The summed E-state index contributed by atoms with van der Waals surface area (Å²) < 4.78 is 0. The monoisotopic (exact) mass is 550 g/mol. The summed E-state index contributed by atoms with van der Waals surface area (Å²) in [5, 5.41) is 0. The molecule has 2 aliphatic rings. The molecule has 4 rings (SSSR count). The van der Waals surface area contributed by atoms with Crippen molar-refractivity contribution in [2.24, 2.45) is 5.92 Å². The molecule has 0 heterocycles. The predicted molar refractivity (Wildman–Crippen MR) is 151 cm³/mol. The van der Waals surface area contributed by atoms with Gasteiger partial charge < -0.3 is 5.73 Å². The molecule has 1 saturated carbocycles. The van der Waals surface area contributed by atoms with Crippen LogP contribution in [-0.4, -0.2) is 15.6 Å². The molecule has 3 heteroatoms. The van der Waals surface area contributed by atoms with Crippen LogP contribution in [0.3, 0.4) is 0 Å².